The van der Waals surface area contributed by atoms with Gasteiger partial charge in [0.05, 0.1) is 10.4 Å². The lowest BCUT2D eigenvalue weighted by molar-refractivity contribution is 0.249. The van der Waals surface area contributed by atoms with Gasteiger partial charge in [-0.25, -0.2) is 0 Å². The Morgan fingerprint density at radius 1 is 1.10 bits per heavy atom. The van der Waals surface area contributed by atoms with Crippen molar-refractivity contribution >= 4 is 10.4 Å². The molecule has 5 heteroatoms. The molecule has 0 aromatic rings. The van der Waals surface area contributed by atoms with Crippen LogP contribution in [0, 0.1) is 0 Å². The van der Waals surface area contributed by atoms with Crippen molar-refractivity contribution in [2.24, 2.45) is 0 Å². The molecule has 10 heavy (non-hydrogen) atoms. The number of hydrogen-bond acceptors (Lipinski definition) is 4. The Hall–Kier alpha value is 0.0569. The highest BCUT2D eigenvalue weighted by Gasteiger charge is 2.20. The third kappa shape index (κ3) is 2.35. The van der Waals surface area contributed by atoms with Crippen molar-refractivity contribution in [3.63, 3.8) is 0 Å². The Morgan fingerprint density at radius 3 is 1.60 bits per heavy atom. The zero-order valence-electron chi connectivity index (χ0n) is 7.21. The summed E-state index contributed by atoms with van der Waals surface area (Å²) >= 11 is 0. The second kappa shape index (κ2) is 4.81. The van der Waals surface area contributed by atoms with E-state index < -0.39 is 0 Å². The zero-order chi connectivity index (χ0) is 8.04. The van der Waals surface area contributed by atoms with Gasteiger partial charge in [-0.3, -0.25) is 16.0 Å². The van der Waals surface area contributed by atoms with Crippen LogP contribution < -0.4 is 20.9 Å². The summed E-state index contributed by atoms with van der Waals surface area (Å²) in [4.78, 5) is 3.21. The minimum Gasteiger partial charge on any atom is -0.341 e. The van der Waals surface area contributed by atoms with Gasteiger partial charge in [-0.05, 0) is 21.1 Å². The molecule has 4 N–H and O–H groups in total. The third-order valence-electron chi connectivity index (χ3n) is 1.72. The Kier molecular flexibility index (Phi) is 4.84. The van der Waals surface area contributed by atoms with Gasteiger partial charge in [-0.2, -0.15) is 0 Å². The first-order valence-corrected chi connectivity index (χ1v) is 4.46. The summed E-state index contributed by atoms with van der Waals surface area (Å²) in [5.41, 5.74) is 0. The number of hydrogen-bond donors (Lipinski definition) is 4. The molecule has 0 aliphatic rings. The molecule has 0 rings (SSSR count). The maximum absolute atomic E-state index is 3.21. The highest BCUT2D eigenvalue weighted by Crippen LogP contribution is 1.86. The lowest BCUT2D eigenvalue weighted by Crippen LogP contribution is -2.67. The topological polar surface area (TPSA) is 48.1 Å². The van der Waals surface area contributed by atoms with Crippen LogP contribution in [-0.4, -0.2) is 43.9 Å². The lowest BCUT2D eigenvalue weighted by atomic mass is 10.3. The van der Waals surface area contributed by atoms with Crippen LogP contribution in [0.15, 0.2) is 0 Å². The van der Waals surface area contributed by atoms with Crippen molar-refractivity contribution in [2.75, 3.05) is 27.7 Å². The van der Waals surface area contributed by atoms with Crippen LogP contribution >= 0.6 is 0 Å². The summed E-state index contributed by atoms with van der Waals surface area (Å²) in [7, 11) is 6.78. The van der Waals surface area contributed by atoms with Gasteiger partial charge in [0.15, 0.2) is 0 Å². The average molecular weight is 162 g/mol. The predicted molar refractivity (Wildman–Crippen MR) is 47.9 cm³/mol. The molecule has 0 unspecified atom stereocenters. The molecule has 0 spiro atoms. The Balaban J connectivity index is 3.87. The molecule has 0 fully saturated rings. The Bertz CT molecular complexity index is 75.5. The second-order valence-electron chi connectivity index (χ2n) is 2.19. The number of likely N-dealkylation sites (N-methyl/N-ethyl adjacent to an activating group) is 3. The van der Waals surface area contributed by atoms with Crippen molar-refractivity contribution in [3.05, 3.63) is 0 Å². The summed E-state index contributed by atoms with van der Waals surface area (Å²) in [5.74, 6) is -0.151. The molecule has 4 nitrogen and oxygen atoms in total. The van der Waals surface area contributed by atoms with Crippen molar-refractivity contribution in [1.29, 1.82) is 0 Å². The van der Waals surface area contributed by atoms with Gasteiger partial charge >= 0.3 is 0 Å². The number of rotatable bonds is 5. The quantitative estimate of drug-likeness (QED) is 0.260. The molecule has 0 aromatic carbocycles. The van der Waals surface area contributed by atoms with Gasteiger partial charge in [0.1, 0.15) is 5.79 Å². The summed E-state index contributed by atoms with van der Waals surface area (Å²) in [6.07, 6.45) is 0. The largest absolute Gasteiger partial charge is 0.341 e. The van der Waals surface area contributed by atoms with Crippen LogP contribution in [0.5, 0.6) is 0 Å². The first-order valence-electron chi connectivity index (χ1n) is 3.46. The van der Waals surface area contributed by atoms with E-state index in [2.05, 4.69) is 20.9 Å². The van der Waals surface area contributed by atoms with E-state index in [1.54, 1.807) is 0 Å². The highest BCUT2D eigenvalue weighted by molar-refractivity contribution is 6.04. The fourth-order valence-corrected chi connectivity index (χ4v) is 1.44. The highest BCUT2D eigenvalue weighted by atomic mass is 28.2. The van der Waals surface area contributed by atoms with E-state index in [9.17, 15) is 0 Å². The van der Waals surface area contributed by atoms with Crippen molar-refractivity contribution < 1.29 is 0 Å². The van der Waals surface area contributed by atoms with Crippen LogP contribution in [-0.2, 0) is 0 Å². The molecule has 0 heterocycles. The molecule has 0 aromatic heterocycles. The van der Waals surface area contributed by atoms with Gasteiger partial charge < -0.3 is 4.98 Å². The molecular weight excluding hydrogens is 144 g/mol. The average Bonchev–Trinajstić information content (AvgIpc) is 2.01. The van der Waals surface area contributed by atoms with Gasteiger partial charge in [-0.1, -0.05) is 0 Å². The molecule has 0 radical (unpaired) electrons. The molecule has 0 saturated heterocycles. The SMILES string of the molecule is CNC(CN[SiH3])(NC)NC. The summed E-state index contributed by atoms with van der Waals surface area (Å²) in [6.45, 7) is 0.892. The first kappa shape index (κ1) is 10.1. The number of nitrogens with one attached hydrogen (secondary N) is 4. The summed E-state index contributed by atoms with van der Waals surface area (Å²) in [5, 5.41) is 9.46. The maximum Gasteiger partial charge on any atom is 0.135 e. The zero-order valence-corrected chi connectivity index (χ0v) is 9.21. The van der Waals surface area contributed by atoms with E-state index >= 15 is 0 Å². The van der Waals surface area contributed by atoms with Gasteiger partial charge in [0.2, 0.25) is 0 Å². The standard InChI is InChI=1S/C5H18N4Si/c1-6-5(7-2,8-3)4-9-10/h6-9H,4H2,1-3,10H3. The monoisotopic (exact) mass is 162 g/mol. The third-order valence-corrected chi connectivity index (χ3v) is 2.08. The molecule has 0 aliphatic heterocycles. The molecule has 0 aliphatic carbocycles. The fourth-order valence-electron chi connectivity index (χ4n) is 0.905. The smallest absolute Gasteiger partial charge is 0.135 e. The van der Waals surface area contributed by atoms with Crippen LogP contribution in [0.4, 0.5) is 0 Å². The molecule has 0 atom stereocenters. The second-order valence-corrected chi connectivity index (χ2v) is 2.89. The molecule has 0 saturated carbocycles. The molecule has 0 bridgehead atoms. The van der Waals surface area contributed by atoms with Crippen LogP contribution in [0.3, 0.4) is 0 Å². The van der Waals surface area contributed by atoms with Crippen LogP contribution in [0.25, 0.3) is 0 Å². The normalized spacial score (nSPS) is 12.3. The maximum atomic E-state index is 3.21. The molecule has 0 amide bonds. The van der Waals surface area contributed by atoms with E-state index in [-0.39, 0.29) is 5.79 Å². The summed E-state index contributed by atoms with van der Waals surface area (Å²) in [6, 6.07) is 0. The van der Waals surface area contributed by atoms with Gasteiger partial charge in [-0.15, -0.1) is 0 Å². The van der Waals surface area contributed by atoms with Crippen LogP contribution in [0.1, 0.15) is 0 Å². The minimum atomic E-state index is -0.151. The lowest BCUT2D eigenvalue weighted by Gasteiger charge is -2.32. The van der Waals surface area contributed by atoms with Gasteiger partial charge in [0.25, 0.3) is 0 Å². The predicted octanol–water partition coefficient (Wildman–Crippen LogP) is -2.83. The van der Waals surface area contributed by atoms with E-state index in [1.165, 1.54) is 0 Å². The fraction of sp³-hybridized carbons (Fsp3) is 1.00. The van der Waals surface area contributed by atoms with E-state index in [0.29, 0.717) is 0 Å². The summed E-state index contributed by atoms with van der Waals surface area (Å²) < 4.78 is 0. The molecule has 62 valence electrons. The minimum absolute atomic E-state index is 0.151. The van der Waals surface area contributed by atoms with Crippen molar-refractivity contribution in [1.82, 2.24) is 20.9 Å². The van der Waals surface area contributed by atoms with E-state index in [1.807, 2.05) is 21.1 Å². The van der Waals surface area contributed by atoms with Crippen molar-refractivity contribution in [3.8, 4) is 0 Å². The Morgan fingerprint density at radius 2 is 1.50 bits per heavy atom. The molecular formula is C5H18N4Si. The van der Waals surface area contributed by atoms with Crippen LogP contribution in [0.2, 0.25) is 0 Å². The van der Waals surface area contributed by atoms with Crippen molar-refractivity contribution in [2.45, 2.75) is 5.79 Å². The Labute approximate surface area is 65.6 Å². The van der Waals surface area contributed by atoms with E-state index in [0.717, 1.165) is 16.9 Å². The first-order chi connectivity index (χ1) is 4.74. The van der Waals surface area contributed by atoms with E-state index in [4.69, 9.17) is 0 Å². The van der Waals surface area contributed by atoms with Gasteiger partial charge in [0, 0.05) is 6.54 Å².